The van der Waals surface area contributed by atoms with E-state index in [1.807, 2.05) is 37.5 Å². The van der Waals surface area contributed by atoms with Crippen molar-refractivity contribution >= 4 is 35.9 Å². The largest absolute Gasteiger partial charge is 0.294 e. The van der Waals surface area contributed by atoms with Crippen molar-refractivity contribution in [3.8, 4) is 0 Å². The van der Waals surface area contributed by atoms with Gasteiger partial charge in [0.1, 0.15) is 10.8 Å². The molecule has 0 bridgehead atoms. The molecular weight excluding hydrogens is 344 g/mol. The van der Waals surface area contributed by atoms with E-state index in [1.165, 1.54) is 0 Å². The van der Waals surface area contributed by atoms with E-state index >= 15 is 0 Å². The lowest BCUT2D eigenvalue weighted by Crippen LogP contribution is -2.36. The van der Waals surface area contributed by atoms with Crippen LogP contribution in [0.15, 0.2) is 26.8 Å². The molecule has 0 fully saturated rings. The van der Waals surface area contributed by atoms with Crippen molar-refractivity contribution in [3.05, 3.63) is 49.6 Å². The van der Waals surface area contributed by atoms with Crippen molar-refractivity contribution in [1.29, 1.82) is 0 Å². The number of aromatic nitrogens is 3. The highest BCUT2D eigenvalue weighted by molar-refractivity contribution is 7.10. The number of thiazole rings is 1. The van der Waals surface area contributed by atoms with Gasteiger partial charge in [-0.25, -0.2) is 9.97 Å². The molecule has 0 spiro atoms. The molecule has 1 aliphatic rings. The van der Waals surface area contributed by atoms with Crippen molar-refractivity contribution < 1.29 is 0 Å². The molecule has 1 aliphatic heterocycles. The van der Waals surface area contributed by atoms with Crippen molar-refractivity contribution in [3.63, 3.8) is 0 Å². The van der Waals surface area contributed by atoms with E-state index < -0.39 is 0 Å². The van der Waals surface area contributed by atoms with E-state index in [4.69, 9.17) is 4.98 Å². The Morgan fingerprint density at radius 1 is 1.42 bits per heavy atom. The third kappa shape index (κ3) is 3.90. The maximum atomic E-state index is 12.9. The van der Waals surface area contributed by atoms with Crippen molar-refractivity contribution in [1.82, 2.24) is 14.5 Å². The second kappa shape index (κ2) is 7.11. The predicted molar refractivity (Wildman–Crippen MR) is 109 cm³/mol. The molecule has 26 heavy (non-hydrogen) atoms. The number of rotatable bonds is 4. The summed E-state index contributed by atoms with van der Waals surface area (Å²) in [6, 6.07) is 0. The normalized spacial score (nSPS) is 16.7. The van der Waals surface area contributed by atoms with E-state index in [0.29, 0.717) is 17.9 Å². The van der Waals surface area contributed by atoms with E-state index in [0.717, 1.165) is 34.9 Å². The average molecular weight is 369 g/mol. The molecule has 0 amide bonds. The molecule has 0 aromatic carbocycles. The number of allylic oxidation sites excluding steroid dienone is 2. The van der Waals surface area contributed by atoms with Crippen LogP contribution in [0.2, 0.25) is 0 Å². The summed E-state index contributed by atoms with van der Waals surface area (Å²) < 4.78 is 1.76. The zero-order valence-electron chi connectivity index (χ0n) is 15.7. The SMILES string of the molecule is C=Nc1c(/C=C(C)/C=C/c2nc(C)cs2)nc2n(c1=O)CC(C)(C)CC2. The van der Waals surface area contributed by atoms with Gasteiger partial charge in [-0.2, -0.15) is 0 Å². The molecule has 2 aromatic rings. The molecule has 3 heterocycles. The van der Waals surface area contributed by atoms with Gasteiger partial charge in [-0.1, -0.05) is 19.9 Å². The Morgan fingerprint density at radius 3 is 2.85 bits per heavy atom. The maximum Gasteiger partial charge on any atom is 0.280 e. The van der Waals surface area contributed by atoms with Crippen molar-refractivity contribution in [2.45, 2.75) is 47.1 Å². The highest BCUT2D eigenvalue weighted by atomic mass is 32.1. The Balaban J connectivity index is 1.97. The van der Waals surface area contributed by atoms with Gasteiger partial charge >= 0.3 is 0 Å². The molecule has 136 valence electrons. The Hall–Kier alpha value is -2.34. The van der Waals surface area contributed by atoms with Gasteiger partial charge in [-0.3, -0.25) is 14.4 Å². The fourth-order valence-corrected chi connectivity index (χ4v) is 3.77. The van der Waals surface area contributed by atoms with Crippen LogP contribution in [0.1, 0.15) is 49.4 Å². The highest BCUT2D eigenvalue weighted by Gasteiger charge is 2.28. The summed E-state index contributed by atoms with van der Waals surface area (Å²) in [6.45, 7) is 12.6. The van der Waals surface area contributed by atoms with E-state index in [9.17, 15) is 4.79 Å². The van der Waals surface area contributed by atoms with Gasteiger partial charge in [0.25, 0.3) is 5.56 Å². The van der Waals surface area contributed by atoms with Crippen LogP contribution >= 0.6 is 11.3 Å². The topological polar surface area (TPSA) is 60.1 Å². The summed E-state index contributed by atoms with van der Waals surface area (Å²) in [4.78, 5) is 26.0. The summed E-state index contributed by atoms with van der Waals surface area (Å²) >= 11 is 1.60. The van der Waals surface area contributed by atoms with Gasteiger partial charge < -0.3 is 0 Å². The van der Waals surface area contributed by atoms with E-state index in [2.05, 4.69) is 30.5 Å². The third-order valence-electron chi connectivity index (χ3n) is 4.51. The monoisotopic (exact) mass is 368 g/mol. The average Bonchev–Trinajstić information content (AvgIpc) is 2.99. The van der Waals surface area contributed by atoms with Gasteiger partial charge in [0, 0.05) is 24.0 Å². The van der Waals surface area contributed by atoms with Crippen LogP contribution in [0.4, 0.5) is 5.69 Å². The molecule has 0 atom stereocenters. The smallest absolute Gasteiger partial charge is 0.280 e. The molecule has 5 nitrogen and oxygen atoms in total. The van der Waals surface area contributed by atoms with Crippen LogP contribution in [0, 0.1) is 12.3 Å². The second-order valence-electron chi connectivity index (χ2n) is 7.52. The zero-order chi connectivity index (χ0) is 18.9. The van der Waals surface area contributed by atoms with E-state index in [1.54, 1.807) is 15.9 Å². The number of hydrogen-bond donors (Lipinski definition) is 0. The fourth-order valence-electron chi connectivity index (χ4n) is 3.08. The van der Waals surface area contributed by atoms with Crippen LogP contribution in [0.3, 0.4) is 0 Å². The van der Waals surface area contributed by atoms with Crippen LogP contribution in [0.5, 0.6) is 0 Å². The molecule has 3 rings (SSSR count). The van der Waals surface area contributed by atoms with Gasteiger partial charge in [-0.15, -0.1) is 11.3 Å². The fraction of sp³-hybridized carbons (Fsp3) is 0.400. The van der Waals surface area contributed by atoms with Gasteiger partial charge in [0.15, 0.2) is 5.69 Å². The van der Waals surface area contributed by atoms with Crippen LogP contribution in [0.25, 0.3) is 12.2 Å². The Labute approximate surface area is 157 Å². The summed E-state index contributed by atoms with van der Waals surface area (Å²) in [5, 5.41) is 2.98. The number of aliphatic imine (C=N–C) groups is 1. The lowest BCUT2D eigenvalue weighted by molar-refractivity contribution is 0.239. The third-order valence-corrected chi connectivity index (χ3v) is 5.44. The summed E-state index contributed by atoms with van der Waals surface area (Å²) in [7, 11) is 0. The first-order valence-electron chi connectivity index (χ1n) is 8.68. The summed E-state index contributed by atoms with van der Waals surface area (Å²) in [5.74, 6) is 0.834. The minimum atomic E-state index is -0.101. The number of hydrogen-bond acceptors (Lipinski definition) is 5. The van der Waals surface area contributed by atoms with Gasteiger partial charge in [-0.05, 0) is 50.1 Å². The van der Waals surface area contributed by atoms with Crippen LogP contribution in [-0.4, -0.2) is 21.3 Å². The molecule has 0 radical (unpaired) electrons. The quantitative estimate of drug-likeness (QED) is 0.592. The minimum absolute atomic E-state index is 0.0960. The first kappa shape index (κ1) is 18.5. The maximum absolute atomic E-state index is 12.9. The number of aryl methyl sites for hydroxylation is 2. The molecule has 0 saturated carbocycles. The first-order valence-corrected chi connectivity index (χ1v) is 9.56. The Kier molecular flexibility index (Phi) is 5.05. The first-order chi connectivity index (χ1) is 12.3. The van der Waals surface area contributed by atoms with Crippen LogP contribution < -0.4 is 5.56 Å². The molecule has 0 aliphatic carbocycles. The molecule has 2 aromatic heterocycles. The molecule has 0 N–H and O–H groups in total. The van der Waals surface area contributed by atoms with Gasteiger partial charge in [0.05, 0.1) is 5.69 Å². The summed E-state index contributed by atoms with van der Waals surface area (Å²) in [5.41, 5.74) is 2.91. The second-order valence-corrected chi connectivity index (χ2v) is 8.41. The van der Waals surface area contributed by atoms with Gasteiger partial charge in [0.2, 0.25) is 0 Å². The standard InChI is InChI=1S/C20H24N4OS/c1-13(6-7-17-22-14(2)11-26-17)10-15-18(21-5)19(25)24-12-20(3,4)9-8-16(24)23-15/h6-7,10-11H,5,8-9,12H2,1-4H3/b7-6+,13-10+. The Morgan fingerprint density at radius 2 is 2.19 bits per heavy atom. The Bertz CT molecular complexity index is 963. The highest BCUT2D eigenvalue weighted by Crippen LogP contribution is 2.30. The number of fused-ring (bicyclic) bond motifs is 1. The van der Waals surface area contributed by atoms with E-state index in [-0.39, 0.29) is 11.0 Å². The minimum Gasteiger partial charge on any atom is -0.294 e. The molecule has 0 saturated heterocycles. The van der Waals surface area contributed by atoms with Crippen LogP contribution in [-0.2, 0) is 13.0 Å². The molecule has 0 unspecified atom stereocenters. The zero-order valence-corrected chi connectivity index (χ0v) is 16.6. The lowest BCUT2D eigenvalue weighted by atomic mass is 9.85. The molecule has 6 heteroatoms. The molecular formula is C20H24N4OS. The predicted octanol–water partition coefficient (Wildman–Crippen LogP) is 4.43. The number of nitrogens with zero attached hydrogens (tertiary/aromatic N) is 4. The van der Waals surface area contributed by atoms with Crippen molar-refractivity contribution in [2.24, 2.45) is 10.4 Å². The summed E-state index contributed by atoms with van der Waals surface area (Å²) in [6.07, 6.45) is 7.66. The van der Waals surface area contributed by atoms with Crippen molar-refractivity contribution in [2.75, 3.05) is 0 Å². The lowest BCUT2D eigenvalue weighted by Gasteiger charge is -2.32.